The van der Waals surface area contributed by atoms with Crippen LogP contribution in [0.5, 0.6) is 11.5 Å². The molecule has 0 unspecified atom stereocenters. The average Bonchev–Trinajstić information content (AvgIpc) is 2.82. The third-order valence-corrected chi connectivity index (χ3v) is 5.90. The zero-order valence-electron chi connectivity index (χ0n) is 18.6. The molecule has 1 aliphatic rings. The summed E-state index contributed by atoms with van der Waals surface area (Å²) in [6.45, 7) is 3.08. The highest BCUT2D eigenvalue weighted by molar-refractivity contribution is 6.30. The number of rotatable bonds is 9. The number of likely N-dealkylation sites (tertiary alicyclic amines) is 1. The van der Waals surface area contributed by atoms with Gasteiger partial charge in [-0.3, -0.25) is 9.69 Å². The molecule has 2 aromatic rings. The third-order valence-electron chi connectivity index (χ3n) is 5.59. The highest BCUT2D eigenvalue weighted by Gasteiger charge is 2.19. The minimum Gasteiger partial charge on any atom is -0.457 e. The summed E-state index contributed by atoms with van der Waals surface area (Å²) in [5, 5.41) is 4.91. The summed E-state index contributed by atoms with van der Waals surface area (Å²) in [7, 11) is 1.51. The van der Waals surface area contributed by atoms with Gasteiger partial charge in [0.05, 0.1) is 18.2 Å². The van der Waals surface area contributed by atoms with Gasteiger partial charge < -0.3 is 20.1 Å². The number of nitrogens with zero attached hydrogens (tertiary/aromatic N) is 1. The van der Waals surface area contributed by atoms with Crippen LogP contribution in [0, 0.1) is 11.7 Å². The van der Waals surface area contributed by atoms with Crippen molar-refractivity contribution in [3.8, 4) is 11.5 Å². The standard InChI is InChI=1S/C24H29ClFN3O4/c1-27-23(30)15-28-24(31)32-13-10-17-8-11-29(12-9-17)16-18-2-4-19(5-3-18)33-20-6-7-21(25)22(26)14-20/h2-7,14,17H,8-13,15-16H2,1H3,(H,27,30)(H,28,31). The van der Waals surface area contributed by atoms with Gasteiger partial charge in [-0.2, -0.15) is 0 Å². The van der Waals surface area contributed by atoms with Gasteiger partial charge in [-0.25, -0.2) is 9.18 Å². The van der Waals surface area contributed by atoms with E-state index >= 15 is 0 Å². The smallest absolute Gasteiger partial charge is 0.407 e. The Labute approximate surface area is 198 Å². The SMILES string of the molecule is CNC(=O)CNC(=O)OCCC1CCN(Cc2ccc(Oc3ccc(Cl)c(F)c3)cc2)CC1. The first kappa shape index (κ1) is 24.8. The number of ether oxygens (including phenoxy) is 2. The number of likely N-dealkylation sites (N-methyl/N-ethyl adjacent to an activating group) is 1. The second kappa shape index (κ2) is 12.4. The van der Waals surface area contributed by atoms with Crippen molar-refractivity contribution < 1.29 is 23.5 Å². The number of carbonyl (C=O) groups excluding carboxylic acids is 2. The zero-order valence-corrected chi connectivity index (χ0v) is 19.4. The topological polar surface area (TPSA) is 79.9 Å². The monoisotopic (exact) mass is 477 g/mol. The summed E-state index contributed by atoms with van der Waals surface area (Å²) >= 11 is 5.70. The van der Waals surface area contributed by atoms with Gasteiger partial charge in [0, 0.05) is 19.7 Å². The summed E-state index contributed by atoms with van der Waals surface area (Å²) in [6, 6.07) is 12.1. The van der Waals surface area contributed by atoms with Crippen molar-refractivity contribution in [3.05, 3.63) is 58.9 Å². The van der Waals surface area contributed by atoms with Crippen LogP contribution in [0.25, 0.3) is 0 Å². The Kier molecular flexibility index (Phi) is 9.33. The maximum atomic E-state index is 13.6. The average molecular weight is 478 g/mol. The van der Waals surface area contributed by atoms with Crippen molar-refractivity contribution in [1.82, 2.24) is 15.5 Å². The van der Waals surface area contributed by atoms with Crippen molar-refractivity contribution in [2.45, 2.75) is 25.8 Å². The maximum Gasteiger partial charge on any atom is 0.407 e. The number of halogens is 2. The molecule has 0 atom stereocenters. The van der Waals surface area contributed by atoms with Gasteiger partial charge in [0.25, 0.3) is 0 Å². The van der Waals surface area contributed by atoms with E-state index in [0.717, 1.165) is 38.9 Å². The molecule has 1 aliphatic heterocycles. The molecule has 2 aromatic carbocycles. The number of benzene rings is 2. The molecule has 3 rings (SSSR count). The summed E-state index contributed by atoms with van der Waals surface area (Å²) in [5.74, 6) is 0.783. The molecule has 1 heterocycles. The second-order valence-corrected chi connectivity index (χ2v) is 8.40. The van der Waals surface area contributed by atoms with E-state index in [9.17, 15) is 14.0 Å². The van der Waals surface area contributed by atoms with Crippen LogP contribution >= 0.6 is 11.6 Å². The van der Waals surface area contributed by atoms with Crippen molar-refractivity contribution in [2.75, 3.05) is 33.3 Å². The van der Waals surface area contributed by atoms with Gasteiger partial charge in [0.15, 0.2) is 0 Å². The molecule has 0 spiro atoms. The van der Waals surface area contributed by atoms with E-state index in [4.69, 9.17) is 21.1 Å². The molecule has 33 heavy (non-hydrogen) atoms. The fourth-order valence-corrected chi connectivity index (χ4v) is 3.76. The normalized spacial score (nSPS) is 14.5. The van der Waals surface area contributed by atoms with Crippen LogP contribution < -0.4 is 15.4 Å². The molecule has 0 aliphatic carbocycles. The molecule has 0 bridgehead atoms. The maximum absolute atomic E-state index is 13.6. The molecule has 0 aromatic heterocycles. The first-order chi connectivity index (χ1) is 15.9. The van der Waals surface area contributed by atoms with Crippen LogP contribution in [0.4, 0.5) is 9.18 Å². The van der Waals surface area contributed by atoms with Crippen molar-refractivity contribution in [2.24, 2.45) is 5.92 Å². The summed E-state index contributed by atoms with van der Waals surface area (Å²) < 4.78 is 24.4. The van der Waals surface area contributed by atoms with E-state index in [1.54, 1.807) is 6.07 Å². The Morgan fingerprint density at radius 2 is 1.82 bits per heavy atom. The fourth-order valence-electron chi connectivity index (χ4n) is 3.64. The highest BCUT2D eigenvalue weighted by atomic mass is 35.5. The van der Waals surface area contributed by atoms with Gasteiger partial charge >= 0.3 is 6.09 Å². The minimum atomic E-state index is -0.565. The first-order valence-corrected chi connectivity index (χ1v) is 11.4. The number of alkyl carbamates (subject to hydrolysis) is 1. The van der Waals surface area contributed by atoms with E-state index in [1.807, 2.05) is 24.3 Å². The molecule has 1 saturated heterocycles. The molecule has 178 valence electrons. The fraction of sp³-hybridized carbons (Fsp3) is 0.417. The summed E-state index contributed by atoms with van der Waals surface area (Å²) in [4.78, 5) is 25.1. The molecule has 2 N–H and O–H groups in total. The van der Waals surface area contributed by atoms with Crippen LogP contribution in [0.3, 0.4) is 0 Å². The Hall–Kier alpha value is -2.84. The Morgan fingerprint density at radius 3 is 2.48 bits per heavy atom. The lowest BCUT2D eigenvalue weighted by molar-refractivity contribution is -0.119. The predicted molar refractivity (Wildman–Crippen MR) is 124 cm³/mol. The third kappa shape index (κ3) is 8.22. The first-order valence-electron chi connectivity index (χ1n) is 11.0. The van der Waals surface area contributed by atoms with Crippen LogP contribution in [-0.4, -0.2) is 50.2 Å². The molecule has 0 radical (unpaired) electrons. The summed E-state index contributed by atoms with van der Waals surface area (Å²) in [6.07, 6.45) is 2.35. The molecular formula is C24H29ClFN3O4. The predicted octanol–water partition coefficient (Wildman–Crippen LogP) is 4.35. The van der Waals surface area contributed by atoms with E-state index in [-0.39, 0.29) is 17.5 Å². The number of hydrogen-bond acceptors (Lipinski definition) is 5. The Bertz CT molecular complexity index is 934. The number of carbonyl (C=O) groups is 2. The van der Waals surface area contributed by atoms with Gasteiger partial charge in [-0.05, 0) is 68.1 Å². The van der Waals surface area contributed by atoms with E-state index in [2.05, 4.69) is 15.5 Å². The van der Waals surface area contributed by atoms with Gasteiger partial charge in [-0.15, -0.1) is 0 Å². The van der Waals surface area contributed by atoms with Gasteiger partial charge in [0.1, 0.15) is 17.3 Å². The molecule has 2 amide bonds. The molecule has 9 heteroatoms. The number of amides is 2. The lowest BCUT2D eigenvalue weighted by Crippen LogP contribution is -2.36. The molecule has 7 nitrogen and oxygen atoms in total. The summed E-state index contributed by atoms with van der Waals surface area (Å²) in [5.41, 5.74) is 1.18. The van der Waals surface area contributed by atoms with E-state index < -0.39 is 11.9 Å². The lowest BCUT2D eigenvalue weighted by atomic mass is 9.93. The van der Waals surface area contributed by atoms with Crippen molar-refractivity contribution in [3.63, 3.8) is 0 Å². The van der Waals surface area contributed by atoms with Crippen LogP contribution in [0.2, 0.25) is 5.02 Å². The lowest BCUT2D eigenvalue weighted by Gasteiger charge is -2.31. The minimum absolute atomic E-state index is 0.0670. The van der Waals surface area contributed by atoms with Crippen LogP contribution in [0.15, 0.2) is 42.5 Å². The number of nitrogens with one attached hydrogen (secondary N) is 2. The molecule has 0 saturated carbocycles. The highest BCUT2D eigenvalue weighted by Crippen LogP contribution is 2.26. The quantitative estimate of drug-likeness (QED) is 0.561. The molecular weight excluding hydrogens is 449 g/mol. The second-order valence-electron chi connectivity index (χ2n) is 7.99. The number of piperidine rings is 1. The van der Waals surface area contributed by atoms with E-state index in [0.29, 0.717) is 24.0 Å². The Morgan fingerprint density at radius 1 is 1.12 bits per heavy atom. The van der Waals surface area contributed by atoms with Crippen LogP contribution in [-0.2, 0) is 16.1 Å². The zero-order chi connectivity index (χ0) is 23.6. The van der Waals surface area contributed by atoms with Gasteiger partial charge in [0.2, 0.25) is 5.91 Å². The largest absolute Gasteiger partial charge is 0.457 e. The Balaban J connectivity index is 1.34. The number of hydrogen-bond donors (Lipinski definition) is 2. The van der Waals surface area contributed by atoms with E-state index in [1.165, 1.54) is 24.7 Å². The van der Waals surface area contributed by atoms with Crippen LogP contribution in [0.1, 0.15) is 24.8 Å². The molecule has 1 fully saturated rings. The van der Waals surface area contributed by atoms with Crippen molar-refractivity contribution in [1.29, 1.82) is 0 Å². The van der Waals surface area contributed by atoms with Crippen molar-refractivity contribution >= 4 is 23.6 Å². The van der Waals surface area contributed by atoms with Gasteiger partial charge in [-0.1, -0.05) is 23.7 Å².